The molecule has 1 unspecified atom stereocenters. The van der Waals surface area contributed by atoms with Gasteiger partial charge in [0.05, 0.1) is 12.5 Å². The normalized spacial score (nSPS) is 23.4. The number of ether oxygens (including phenoxy) is 3. The lowest BCUT2D eigenvalue weighted by atomic mass is 9.71. The van der Waals surface area contributed by atoms with Gasteiger partial charge in [0.2, 0.25) is 6.79 Å². The molecule has 6 heteroatoms. The van der Waals surface area contributed by atoms with Crippen molar-refractivity contribution in [3.05, 3.63) is 33.7 Å². The Balaban J connectivity index is 1.90. The number of hydrogen-bond donors (Lipinski definition) is 0. The second-order valence-electron chi connectivity index (χ2n) is 6.71. The standard InChI is InChI=1S/C18H17NO5/c1-22-17(21)18-4-2-3-10-11-7-13-14(24-9-23-13)8-12(11)16(20)19(6-5-18)15(10)18/h7-8H,2-6,9H2,1H3. The lowest BCUT2D eigenvalue weighted by molar-refractivity contribution is -0.148. The van der Waals surface area contributed by atoms with E-state index in [4.69, 9.17) is 14.2 Å². The summed E-state index contributed by atoms with van der Waals surface area (Å²) in [7, 11) is 1.42. The first kappa shape index (κ1) is 13.9. The van der Waals surface area contributed by atoms with Gasteiger partial charge in [-0.15, -0.1) is 0 Å². The van der Waals surface area contributed by atoms with Crippen LogP contribution >= 0.6 is 0 Å². The molecule has 1 aromatic heterocycles. The van der Waals surface area contributed by atoms with E-state index in [1.807, 2.05) is 6.07 Å². The molecule has 0 fully saturated rings. The van der Waals surface area contributed by atoms with Gasteiger partial charge in [0, 0.05) is 12.2 Å². The van der Waals surface area contributed by atoms with Crippen molar-refractivity contribution >= 4 is 16.7 Å². The number of esters is 1. The number of carbonyl (C=O) groups excluding carboxylic acids is 1. The minimum atomic E-state index is -0.675. The molecule has 0 amide bonds. The number of fused-ring (bicyclic) bond motifs is 3. The maximum absolute atomic E-state index is 13.0. The van der Waals surface area contributed by atoms with Crippen LogP contribution in [-0.4, -0.2) is 24.4 Å². The van der Waals surface area contributed by atoms with E-state index in [-0.39, 0.29) is 18.3 Å². The van der Waals surface area contributed by atoms with Gasteiger partial charge in [-0.3, -0.25) is 9.59 Å². The maximum Gasteiger partial charge on any atom is 0.317 e. The number of aryl methyl sites for hydroxylation is 1. The molecule has 1 aromatic carbocycles. The highest BCUT2D eigenvalue weighted by atomic mass is 16.7. The summed E-state index contributed by atoms with van der Waals surface area (Å²) in [5.41, 5.74) is 1.20. The monoisotopic (exact) mass is 327 g/mol. The number of methoxy groups -OCH3 is 1. The van der Waals surface area contributed by atoms with Crippen molar-refractivity contribution in [2.24, 2.45) is 0 Å². The van der Waals surface area contributed by atoms with Gasteiger partial charge in [0.1, 0.15) is 5.41 Å². The number of nitrogens with zero attached hydrogens (tertiary/aromatic N) is 1. The highest BCUT2D eigenvalue weighted by Gasteiger charge is 2.50. The van der Waals surface area contributed by atoms with Crippen molar-refractivity contribution in [3.8, 4) is 11.5 Å². The number of aromatic nitrogens is 1. The molecule has 0 radical (unpaired) electrons. The molecule has 24 heavy (non-hydrogen) atoms. The summed E-state index contributed by atoms with van der Waals surface area (Å²) in [6.07, 6.45) is 3.13. The number of carbonyl (C=O) groups is 1. The fourth-order valence-corrected chi connectivity index (χ4v) is 4.65. The summed E-state index contributed by atoms with van der Waals surface area (Å²) < 4.78 is 17.8. The van der Waals surface area contributed by atoms with Crippen molar-refractivity contribution in [2.75, 3.05) is 13.9 Å². The minimum Gasteiger partial charge on any atom is -0.468 e. The Morgan fingerprint density at radius 1 is 1.21 bits per heavy atom. The van der Waals surface area contributed by atoms with E-state index in [1.54, 1.807) is 10.6 Å². The van der Waals surface area contributed by atoms with Crippen molar-refractivity contribution in [2.45, 2.75) is 37.6 Å². The summed E-state index contributed by atoms with van der Waals surface area (Å²) >= 11 is 0. The fourth-order valence-electron chi connectivity index (χ4n) is 4.65. The lowest BCUT2D eigenvalue weighted by Crippen LogP contribution is -2.39. The van der Waals surface area contributed by atoms with E-state index in [0.29, 0.717) is 29.9 Å². The number of rotatable bonds is 1. The van der Waals surface area contributed by atoms with Gasteiger partial charge in [-0.25, -0.2) is 0 Å². The van der Waals surface area contributed by atoms with E-state index in [2.05, 4.69) is 0 Å². The van der Waals surface area contributed by atoms with Gasteiger partial charge in [-0.05, 0) is 48.8 Å². The van der Waals surface area contributed by atoms with E-state index in [0.717, 1.165) is 35.9 Å². The van der Waals surface area contributed by atoms with Crippen LogP contribution in [0.3, 0.4) is 0 Å². The van der Waals surface area contributed by atoms with Crippen LogP contribution in [0.25, 0.3) is 10.8 Å². The summed E-state index contributed by atoms with van der Waals surface area (Å²) in [6.45, 7) is 0.731. The maximum atomic E-state index is 13.0. The van der Waals surface area contributed by atoms with Crippen molar-refractivity contribution in [1.29, 1.82) is 0 Å². The average molecular weight is 327 g/mol. The summed E-state index contributed by atoms with van der Waals surface area (Å²) in [4.78, 5) is 25.6. The smallest absolute Gasteiger partial charge is 0.317 e. The van der Waals surface area contributed by atoms with Gasteiger partial charge in [-0.1, -0.05) is 0 Å². The van der Waals surface area contributed by atoms with Gasteiger partial charge in [0.25, 0.3) is 5.56 Å². The SMILES string of the molecule is COC(=O)C12CCCc3c1n(c(=O)c1cc4c(cc31)OCO4)CC2. The molecular weight excluding hydrogens is 310 g/mol. The topological polar surface area (TPSA) is 66.8 Å². The molecule has 6 nitrogen and oxygen atoms in total. The van der Waals surface area contributed by atoms with Gasteiger partial charge in [0.15, 0.2) is 11.5 Å². The molecule has 3 heterocycles. The molecule has 0 bridgehead atoms. The van der Waals surface area contributed by atoms with Gasteiger partial charge in [-0.2, -0.15) is 0 Å². The Labute approximate surface area is 137 Å². The summed E-state index contributed by atoms with van der Waals surface area (Å²) in [6, 6.07) is 3.66. The van der Waals surface area contributed by atoms with Crippen LogP contribution < -0.4 is 15.0 Å². The molecule has 2 aromatic rings. The van der Waals surface area contributed by atoms with Crippen LogP contribution in [0.5, 0.6) is 11.5 Å². The predicted molar refractivity (Wildman–Crippen MR) is 85.6 cm³/mol. The van der Waals surface area contributed by atoms with Crippen LogP contribution in [-0.2, 0) is 27.9 Å². The Hall–Kier alpha value is -2.50. The predicted octanol–water partition coefficient (Wildman–Crippen LogP) is 1.88. The highest BCUT2D eigenvalue weighted by Crippen LogP contribution is 2.48. The van der Waals surface area contributed by atoms with Crippen LogP contribution in [0.1, 0.15) is 30.5 Å². The molecular formula is C18H17NO5. The largest absolute Gasteiger partial charge is 0.468 e. The van der Waals surface area contributed by atoms with E-state index in [9.17, 15) is 9.59 Å². The molecule has 0 N–H and O–H groups in total. The Bertz CT molecular complexity index is 960. The molecule has 1 aliphatic carbocycles. The first-order valence-corrected chi connectivity index (χ1v) is 8.24. The van der Waals surface area contributed by atoms with Crippen LogP contribution in [0.2, 0.25) is 0 Å². The van der Waals surface area contributed by atoms with Crippen molar-refractivity contribution in [1.82, 2.24) is 4.57 Å². The molecule has 5 rings (SSSR count). The van der Waals surface area contributed by atoms with E-state index >= 15 is 0 Å². The molecule has 124 valence electrons. The lowest BCUT2D eigenvalue weighted by Gasteiger charge is -2.33. The minimum absolute atomic E-state index is 0.0604. The zero-order chi connectivity index (χ0) is 16.5. The second kappa shape index (κ2) is 4.53. The average Bonchev–Trinajstić information content (AvgIpc) is 3.23. The third-order valence-electron chi connectivity index (χ3n) is 5.69. The van der Waals surface area contributed by atoms with Crippen LogP contribution in [0.15, 0.2) is 16.9 Å². The van der Waals surface area contributed by atoms with Crippen molar-refractivity contribution in [3.63, 3.8) is 0 Å². The zero-order valence-electron chi connectivity index (χ0n) is 13.4. The van der Waals surface area contributed by atoms with Gasteiger partial charge >= 0.3 is 5.97 Å². The quantitative estimate of drug-likeness (QED) is 0.748. The Kier molecular flexibility index (Phi) is 2.62. The first-order valence-electron chi connectivity index (χ1n) is 8.24. The van der Waals surface area contributed by atoms with Crippen LogP contribution in [0.4, 0.5) is 0 Å². The van der Waals surface area contributed by atoms with Crippen molar-refractivity contribution < 1.29 is 19.0 Å². The fraction of sp³-hybridized carbons (Fsp3) is 0.444. The Morgan fingerprint density at radius 3 is 2.71 bits per heavy atom. The molecule has 0 saturated carbocycles. The van der Waals surface area contributed by atoms with Gasteiger partial charge < -0.3 is 18.8 Å². The zero-order valence-corrected chi connectivity index (χ0v) is 13.4. The summed E-state index contributed by atoms with van der Waals surface area (Å²) in [5.74, 6) is 1.05. The molecule has 3 aliphatic rings. The molecule has 0 saturated heterocycles. The number of hydrogen-bond acceptors (Lipinski definition) is 5. The number of benzene rings is 1. The third kappa shape index (κ3) is 1.51. The first-order chi connectivity index (χ1) is 11.7. The second-order valence-corrected chi connectivity index (χ2v) is 6.71. The van der Waals surface area contributed by atoms with E-state index < -0.39 is 5.41 Å². The Morgan fingerprint density at radius 2 is 1.96 bits per heavy atom. The molecule has 0 spiro atoms. The summed E-state index contributed by atoms with van der Waals surface area (Å²) in [5, 5.41) is 1.52. The van der Waals surface area contributed by atoms with Crippen LogP contribution in [0, 0.1) is 0 Å². The highest BCUT2D eigenvalue weighted by molar-refractivity contribution is 5.93. The third-order valence-corrected chi connectivity index (χ3v) is 5.69. The van der Waals surface area contributed by atoms with E-state index in [1.165, 1.54) is 7.11 Å². The molecule has 1 atom stereocenters. The molecule has 2 aliphatic heterocycles. The number of pyridine rings is 1.